The van der Waals surface area contributed by atoms with Crippen LogP contribution in [0.4, 0.5) is 0 Å². The molecule has 0 amide bonds. The maximum atomic E-state index is 6.04. The standard InChI is InChI=1S/C11H12ClNO3/c12-7-3-8(10-5-13-1-2-14-10)11-9(4-7)15-6-16-11/h3-4,10,13H,1-2,5-6H2. The molecule has 0 spiro atoms. The SMILES string of the molecule is Clc1cc2c(c(C3CNCCO3)c1)OCO2. The molecular formula is C11H12ClNO3. The predicted octanol–water partition coefficient (Wildman–Crippen LogP) is 1.73. The normalized spacial score (nSPS) is 23.4. The van der Waals surface area contributed by atoms with Crippen LogP contribution in [0.3, 0.4) is 0 Å². The Labute approximate surface area is 98.4 Å². The van der Waals surface area contributed by atoms with Gasteiger partial charge in [0, 0.05) is 29.7 Å². The van der Waals surface area contributed by atoms with Crippen LogP contribution in [0.25, 0.3) is 0 Å². The first-order chi connectivity index (χ1) is 7.84. The van der Waals surface area contributed by atoms with Gasteiger partial charge in [-0.25, -0.2) is 0 Å². The smallest absolute Gasteiger partial charge is 0.231 e. The fourth-order valence-electron chi connectivity index (χ4n) is 2.01. The molecule has 1 fully saturated rings. The highest BCUT2D eigenvalue weighted by atomic mass is 35.5. The lowest BCUT2D eigenvalue weighted by molar-refractivity contribution is 0.0260. The molecule has 1 unspecified atom stereocenters. The summed E-state index contributed by atoms with van der Waals surface area (Å²) in [4.78, 5) is 0. The van der Waals surface area contributed by atoms with E-state index in [1.807, 2.05) is 6.07 Å². The zero-order chi connectivity index (χ0) is 11.0. The summed E-state index contributed by atoms with van der Waals surface area (Å²) >= 11 is 6.04. The van der Waals surface area contributed by atoms with Crippen LogP contribution in [-0.2, 0) is 4.74 Å². The van der Waals surface area contributed by atoms with E-state index in [1.54, 1.807) is 6.07 Å². The van der Waals surface area contributed by atoms with Crippen LogP contribution >= 0.6 is 11.6 Å². The van der Waals surface area contributed by atoms with E-state index in [9.17, 15) is 0 Å². The molecular weight excluding hydrogens is 230 g/mol. The maximum absolute atomic E-state index is 6.04. The Morgan fingerprint density at radius 2 is 2.25 bits per heavy atom. The van der Waals surface area contributed by atoms with Crippen molar-refractivity contribution in [3.8, 4) is 11.5 Å². The zero-order valence-corrected chi connectivity index (χ0v) is 9.42. The van der Waals surface area contributed by atoms with Gasteiger partial charge in [0.15, 0.2) is 11.5 Å². The van der Waals surface area contributed by atoms with E-state index in [1.165, 1.54) is 0 Å². The molecule has 3 rings (SSSR count). The van der Waals surface area contributed by atoms with Gasteiger partial charge in [0.2, 0.25) is 6.79 Å². The Bertz CT molecular complexity index is 404. The number of halogens is 1. The highest BCUT2D eigenvalue weighted by molar-refractivity contribution is 6.30. The number of hydrogen-bond donors (Lipinski definition) is 1. The molecule has 5 heteroatoms. The minimum absolute atomic E-state index is 0.0112. The van der Waals surface area contributed by atoms with Crippen molar-refractivity contribution in [2.24, 2.45) is 0 Å². The molecule has 0 aliphatic carbocycles. The Morgan fingerprint density at radius 1 is 1.31 bits per heavy atom. The van der Waals surface area contributed by atoms with E-state index in [0.29, 0.717) is 17.4 Å². The Hall–Kier alpha value is -0.970. The van der Waals surface area contributed by atoms with Crippen LogP contribution in [0.5, 0.6) is 11.5 Å². The first kappa shape index (κ1) is 10.2. The Kier molecular flexibility index (Phi) is 2.63. The molecule has 2 aliphatic heterocycles. The topological polar surface area (TPSA) is 39.7 Å². The van der Waals surface area contributed by atoms with E-state index in [0.717, 1.165) is 24.4 Å². The first-order valence-corrected chi connectivity index (χ1v) is 5.64. The quantitative estimate of drug-likeness (QED) is 0.813. The number of hydrogen-bond acceptors (Lipinski definition) is 4. The lowest BCUT2D eigenvalue weighted by atomic mass is 10.1. The molecule has 0 saturated carbocycles. The number of ether oxygens (including phenoxy) is 3. The molecule has 1 saturated heterocycles. The third kappa shape index (κ3) is 1.73. The molecule has 0 bridgehead atoms. The predicted molar refractivity (Wildman–Crippen MR) is 59.1 cm³/mol. The van der Waals surface area contributed by atoms with Gasteiger partial charge in [-0.2, -0.15) is 0 Å². The van der Waals surface area contributed by atoms with Gasteiger partial charge in [-0.15, -0.1) is 0 Å². The van der Waals surface area contributed by atoms with Crippen LogP contribution in [0.2, 0.25) is 5.02 Å². The van der Waals surface area contributed by atoms with Crippen LogP contribution < -0.4 is 14.8 Å². The van der Waals surface area contributed by atoms with Crippen molar-refractivity contribution >= 4 is 11.6 Å². The molecule has 86 valence electrons. The lowest BCUT2D eigenvalue weighted by Gasteiger charge is -2.24. The summed E-state index contributed by atoms with van der Waals surface area (Å²) in [7, 11) is 0. The summed E-state index contributed by atoms with van der Waals surface area (Å²) in [5.41, 5.74) is 0.965. The fraction of sp³-hybridized carbons (Fsp3) is 0.455. The molecule has 0 radical (unpaired) electrons. The van der Waals surface area contributed by atoms with Crippen LogP contribution in [0.15, 0.2) is 12.1 Å². The number of morpholine rings is 1. The number of fused-ring (bicyclic) bond motifs is 1. The van der Waals surface area contributed by atoms with Crippen molar-refractivity contribution in [3.63, 3.8) is 0 Å². The summed E-state index contributed by atoms with van der Waals surface area (Å²) in [6, 6.07) is 3.65. The van der Waals surface area contributed by atoms with E-state index in [2.05, 4.69) is 5.32 Å². The van der Waals surface area contributed by atoms with Gasteiger partial charge < -0.3 is 19.5 Å². The largest absolute Gasteiger partial charge is 0.454 e. The van der Waals surface area contributed by atoms with E-state index >= 15 is 0 Å². The molecule has 16 heavy (non-hydrogen) atoms. The minimum Gasteiger partial charge on any atom is -0.454 e. The molecule has 2 heterocycles. The molecule has 1 N–H and O–H groups in total. The molecule has 4 nitrogen and oxygen atoms in total. The second kappa shape index (κ2) is 4.13. The van der Waals surface area contributed by atoms with Crippen molar-refractivity contribution in [2.45, 2.75) is 6.10 Å². The molecule has 1 aromatic carbocycles. The summed E-state index contributed by atoms with van der Waals surface area (Å²) in [6.45, 7) is 2.61. The average Bonchev–Trinajstić information content (AvgIpc) is 2.77. The second-order valence-electron chi connectivity index (χ2n) is 3.79. The average molecular weight is 242 g/mol. The van der Waals surface area contributed by atoms with Crippen molar-refractivity contribution in [3.05, 3.63) is 22.7 Å². The van der Waals surface area contributed by atoms with E-state index in [-0.39, 0.29) is 12.9 Å². The van der Waals surface area contributed by atoms with Gasteiger partial charge in [0.1, 0.15) is 0 Å². The minimum atomic E-state index is -0.0112. The van der Waals surface area contributed by atoms with Crippen molar-refractivity contribution < 1.29 is 14.2 Å². The molecule has 1 aromatic rings. The van der Waals surface area contributed by atoms with Gasteiger partial charge in [0.05, 0.1) is 12.7 Å². The summed E-state index contributed by atoms with van der Waals surface area (Å²) < 4.78 is 16.5. The van der Waals surface area contributed by atoms with Crippen LogP contribution in [0, 0.1) is 0 Å². The highest BCUT2D eigenvalue weighted by Gasteiger charge is 2.26. The fourth-order valence-corrected chi connectivity index (χ4v) is 2.22. The van der Waals surface area contributed by atoms with Crippen LogP contribution in [-0.4, -0.2) is 26.5 Å². The van der Waals surface area contributed by atoms with Crippen molar-refractivity contribution in [1.29, 1.82) is 0 Å². The van der Waals surface area contributed by atoms with Gasteiger partial charge >= 0.3 is 0 Å². The Morgan fingerprint density at radius 3 is 3.06 bits per heavy atom. The summed E-state index contributed by atoms with van der Waals surface area (Å²) in [5.74, 6) is 1.47. The number of benzene rings is 1. The second-order valence-corrected chi connectivity index (χ2v) is 4.23. The van der Waals surface area contributed by atoms with Gasteiger partial charge in [-0.3, -0.25) is 0 Å². The van der Waals surface area contributed by atoms with Gasteiger partial charge in [0.25, 0.3) is 0 Å². The molecule has 2 aliphatic rings. The monoisotopic (exact) mass is 241 g/mol. The molecule has 1 atom stereocenters. The third-order valence-electron chi connectivity index (χ3n) is 2.74. The van der Waals surface area contributed by atoms with E-state index < -0.39 is 0 Å². The summed E-state index contributed by atoms with van der Waals surface area (Å²) in [5, 5.41) is 3.93. The van der Waals surface area contributed by atoms with Crippen LogP contribution in [0.1, 0.15) is 11.7 Å². The third-order valence-corrected chi connectivity index (χ3v) is 2.96. The maximum Gasteiger partial charge on any atom is 0.231 e. The highest BCUT2D eigenvalue weighted by Crippen LogP contribution is 2.42. The van der Waals surface area contributed by atoms with Gasteiger partial charge in [-0.05, 0) is 6.07 Å². The zero-order valence-electron chi connectivity index (χ0n) is 8.66. The number of nitrogens with one attached hydrogen (secondary N) is 1. The lowest BCUT2D eigenvalue weighted by Crippen LogP contribution is -2.33. The number of rotatable bonds is 1. The van der Waals surface area contributed by atoms with Gasteiger partial charge in [-0.1, -0.05) is 11.6 Å². The Balaban J connectivity index is 1.99. The van der Waals surface area contributed by atoms with Crippen molar-refractivity contribution in [1.82, 2.24) is 5.32 Å². The first-order valence-electron chi connectivity index (χ1n) is 5.26. The molecule has 0 aromatic heterocycles. The van der Waals surface area contributed by atoms with E-state index in [4.69, 9.17) is 25.8 Å². The van der Waals surface area contributed by atoms with Crippen molar-refractivity contribution in [2.75, 3.05) is 26.5 Å². The summed E-state index contributed by atoms with van der Waals surface area (Å²) in [6.07, 6.45) is -0.0112.